The van der Waals surface area contributed by atoms with Gasteiger partial charge in [-0.2, -0.15) is 0 Å². The van der Waals surface area contributed by atoms with Crippen LogP contribution in [0.15, 0.2) is 35.3 Å². The third-order valence-corrected chi connectivity index (χ3v) is 8.31. The van der Waals surface area contributed by atoms with Crippen LogP contribution in [0.5, 0.6) is 11.5 Å². The SMILES string of the molecule is COc1ccc(-c2cn(C)c(=O)c3cc(CN4CCN(S(C)=O)[C@@H](C)C4)sc23)cc1OC. The molecule has 172 valence electrons. The van der Waals surface area contributed by atoms with Crippen LogP contribution < -0.4 is 15.0 Å². The van der Waals surface area contributed by atoms with Gasteiger partial charge in [-0.15, -0.1) is 11.3 Å². The zero-order valence-electron chi connectivity index (χ0n) is 19.1. The maximum atomic E-state index is 12.9. The number of ether oxygens (including phenoxy) is 2. The molecule has 1 aliphatic heterocycles. The third-order valence-electron chi connectivity index (χ3n) is 5.96. The van der Waals surface area contributed by atoms with Crippen molar-refractivity contribution in [3.63, 3.8) is 0 Å². The first-order valence-corrected chi connectivity index (χ1v) is 12.8. The van der Waals surface area contributed by atoms with Gasteiger partial charge < -0.3 is 14.0 Å². The highest BCUT2D eigenvalue weighted by Gasteiger charge is 2.26. The number of nitrogens with zero attached hydrogens (tertiary/aromatic N) is 3. The first kappa shape index (κ1) is 23.0. The molecule has 2 aromatic heterocycles. The van der Waals surface area contributed by atoms with Crippen LogP contribution in [-0.2, 0) is 24.6 Å². The van der Waals surface area contributed by atoms with Gasteiger partial charge in [0.25, 0.3) is 5.56 Å². The Morgan fingerprint density at radius 1 is 1.16 bits per heavy atom. The standard InChI is InChI=1S/C23H29N3O4S2/c1-15-12-25(8-9-26(15)32(5)28)13-17-11-18-22(31-17)19(14-24(2)23(18)27)16-6-7-20(29-3)21(10-16)30-4/h6-7,10-11,14-15H,8-9,12-13H2,1-5H3/t15-,32?/m0/s1. The predicted molar refractivity (Wildman–Crippen MR) is 131 cm³/mol. The average molecular weight is 476 g/mol. The summed E-state index contributed by atoms with van der Waals surface area (Å²) in [4.78, 5) is 16.4. The van der Waals surface area contributed by atoms with E-state index < -0.39 is 11.0 Å². The Labute approximate surface area is 194 Å². The molecule has 0 radical (unpaired) electrons. The number of methoxy groups -OCH3 is 2. The van der Waals surface area contributed by atoms with Gasteiger partial charge in [-0.05, 0) is 30.7 Å². The number of rotatable bonds is 6. The lowest BCUT2D eigenvalue weighted by Gasteiger charge is -2.37. The van der Waals surface area contributed by atoms with Gasteiger partial charge >= 0.3 is 0 Å². The fourth-order valence-corrected chi connectivity index (χ4v) is 6.49. The van der Waals surface area contributed by atoms with Crippen LogP contribution in [0.4, 0.5) is 0 Å². The molecule has 4 rings (SSSR count). The molecule has 0 bridgehead atoms. The molecule has 1 fully saturated rings. The minimum absolute atomic E-state index is 0.00583. The summed E-state index contributed by atoms with van der Waals surface area (Å²) < 4.78 is 27.4. The summed E-state index contributed by atoms with van der Waals surface area (Å²) in [6.45, 7) is 5.40. The van der Waals surface area contributed by atoms with Crippen LogP contribution in [0, 0.1) is 0 Å². The van der Waals surface area contributed by atoms with Crippen LogP contribution in [0.3, 0.4) is 0 Å². The summed E-state index contributed by atoms with van der Waals surface area (Å²) >= 11 is 1.67. The van der Waals surface area contributed by atoms with Crippen molar-refractivity contribution in [2.75, 3.05) is 40.1 Å². The molecule has 0 aliphatic carbocycles. The van der Waals surface area contributed by atoms with E-state index in [0.717, 1.165) is 52.3 Å². The van der Waals surface area contributed by atoms with E-state index in [1.54, 1.807) is 43.4 Å². The predicted octanol–water partition coefficient (Wildman–Crippen LogP) is 3.08. The normalized spacial score (nSPS) is 18.7. The Balaban J connectivity index is 1.69. The Bertz CT molecular complexity index is 1220. The summed E-state index contributed by atoms with van der Waals surface area (Å²) in [6, 6.07) is 8.09. The number of piperazine rings is 1. The summed E-state index contributed by atoms with van der Waals surface area (Å²) in [5.74, 6) is 1.33. The van der Waals surface area contributed by atoms with Gasteiger partial charge in [-0.3, -0.25) is 9.69 Å². The van der Waals surface area contributed by atoms with Crippen LogP contribution in [-0.4, -0.2) is 64.1 Å². The molecule has 0 amide bonds. The van der Waals surface area contributed by atoms with Crippen molar-refractivity contribution >= 4 is 32.4 Å². The van der Waals surface area contributed by atoms with E-state index in [0.29, 0.717) is 11.5 Å². The molecule has 1 unspecified atom stereocenters. The topological polar surface area (TPSA) is 64.0 Å². The number of fused-ring (bicyclic) bond motifs is 1. The quantitative estimate of drug-likeness (QED) is 0.548. The molecule has 0 N–H and O–H groups in total. The van der Waals surface area contributed by atoms with Crippen molar-refractivity contribution in [3.05, 3.63) is 45.7 Å². The number of hydrogen-bond acceptors (Lipinski definition) is 6. The van der Waals surface area contributed by atoms with Crippen molar-refractivity contribution in [1.29, 1.82) is 0 Å². The first-order chi connectivity index (χ1) is 15.3. The van der Waals surface area contributed by atoms with E-state index in [9.17, 15) is 9.00 Å². The summed E-state index contributed by atoms with van der Waals surface area (Å²) in [5.41, 5.74) is 1.98. The molecular formula is C23H29N3O4S2. The summed E-state index contributed by atoms with van der Waals surface area (Å²) in [6.07, 6.45) is 3.63. The molecule has 3 aromatic rings. The molecule has 1 aliphatic rings. The van der Waals surface area contributed by atoms with Gasteiger partial charge in [-0.25, -0.2) is 8.51 Å². The van der Waals surface area contributed by atoms with Crippen molar-refractivity contribution in [2.24, 2.45) is 7.05 Å². The second-order valence-corrected chi connectivity index (χ2v) is 10.6. The molecule has 0 spiro atoms. The lowest BCUT2D eigenvalue weighted by Crippen LogP contribution is -2.51. The van der Waals surface area contributed by atoms with Crippen molar-refractivity contribution < 1.29 is 13.7 Å². The summed E-state index contributed by atoms with van der Waals surface area (Å²) in [7, 11) is 4.08. The van der Waals surface area contributed by atoms with E-state index in [2.05, 4.69) is 11.8 Å². The maximum Gasteiger partial charge on any atom is 0.259 e. The molecule has 3 heterocycles. The maximum absolute atomic E-state index is 12.9. The first-order valence-electron chi connectivity index (χ1n) is 10.5. The van der Waals surface area contributed by atoms with Gasteiger partial charge in [-0.1, -0.05) is 6.07 Å². The molecule has 2 atom stereocenters. The Morgan fingerprint density at radius 3 is 2.56 bits per heavy atom. The molecule has 7 nitrogen and oxygen atoms in total. The second-order valence-electron chi connectivity index (χ2n) is 8.13. The third kappa shape index (κ3) is 4.34. The van der Waals surface area contributed by atoms with Gasteiger partial charge in [0.1, 0.15) is 0 Å². The average Bonchev–Trinajstić information content (AvgIpc) is 3.19. The van der Waals surface area contributed by atoms with Crippen LogP contribution in [0.25, 0.3) is 21.2 Å². The van der Waals surface area contributed by atoms with Gasteiger partial charge in [0.2, 0.25) is 0 Å². The van der Waals surface area contributed by atoms with E-state index in [4.69, 9.17) is 9.47 Å². The zero-order valence-corrected chi connectivity index (χ0v) is 20.7. The monoisotopic (exact) mass is 475 g/mol. The van der Waals surface area contributed by atoms with Crippen LogP contribution in [0.2, 0.25) is 0 Å². The molecule has 32 heavy (non-hydrogen) atoms. The highest BCUT2D eigenvalue weighted by atomic mass is 32.2. The molecule has 9 heteroatoms. The fraction of sp³-hybridized carbons (Fsp3) is 0.435. The zero-order chi connectivity index (χ0) is 23.0. The number of aromatic nitrogens is 1. The smallest absolute Gasteiger partial charge is 0.259 e. The lowest BCUT2D eigenvalue weighted by atomic mass is 10.1. The Morgan fingerprint density at radius 2 is 1.91 bits per heavy atom. The minimum Gasteiger partial charge on any atom is -0.493 e. The lowest BCUT2D eigenvalue weighted by molar-refractivity contribution is 0.143. The number of aryl methyl sites for hydroxylation is 1. The van der Waals surface area contributed by atoms with Crippen LogP contribution >= 0.6 is 11.3 Å². The van der Waals surface area contributed by atoms with E-state index in [-0.39, 0.29) is 11.6 Å². The van der Waals surface area contributed by atoms with E-state index in [1.165, 1.54) is 0 Å². The van der Waals surface area contributed by atoms with Crippen molar-refractivity contribution in [1.82, 2.24) is 13.8 Å². The molecule has 1 aromatic carbocycles. The van der Waals surface area contributed by atoms with Crippen molar-refractivity contribution in [3.8, 4) is 22.6 Å². The van der Waals surface area contributed by atoms with E-state index in [1.807, 2.05) is 34.8 Å². The summed E-state index contributed by atoms with van der Waals surface area (Å²) in [5, 5.41) is 0.737. The number of benzene rings is 1. The highest BCUT2D eigenvalue weighted by molar-refractivity contribution is 7.81. The van der Waals surface area contributed by atoms with Gasteiger partial charge in [0, 0.05) is 66.9 Å². The van der Waals surface area contributed by atoms with Crippen LogP contribution in [0.1, 0.15) is 11.8 Å². The van der Waals surface area contributed by atoms with Gasteiger partial charge in [0.05, 0.1) is 30.6 Å². The number of pyridine rings is 1. The Hall–Kier alpha value is -2.20. The number of thiophene rings is 1. The largest absolute Gasteiger partial charge is 0.493 e. The Kier molecular flexibility index (Phi) is 6.71. The van der Waals surface area contributed by atoms with Crippen molar-refractivity contribution in [2.45, 2.75) is 19.5 Å². The highest BCUT2D eigenvalue weighted by Crippen LogP contribution is 2.37. The number of hydrogen-bond donors (Lipinski definition) is 0. The second kappa shape index (κ2) is 9.35. The molecule has 1 saturated heterocycles. The van der Waals surface area contributed by atoms with Gasteiger partial charge in [0.15, 0.2) is 11.5 Å². The fourth-order valence-electron chi connectivity index (χ4n) is 4.35. The molecule has 0 saturated carbocycles. The minimum atomic E-state index is -0.945. The molecular weight excluding hydrogens is 446 g/mol. The van der Waals surface area contributed by atoms with E-state index >= 15 is 0 Å².